The molecule has 0 N–H and O–H groups in total. The van der Waals surface area contributed by atoms with Gasteiger partial charge in [-0.1, -0.05) is 48.6 Å². The molecule has 15 heavy (non-hydrogen) atoms. The maximum atomic E-state index is 11.4. The molecular weight excluding hydrogens is 208 g/mol. The van der Waals surface area contributed by atoms with Gasteiger partial charge in [0.05, 0.1) is 0 Å². The molecule has 0 amide bonds. The topological polar surface area (TPSA) is 17.1 Å². The fourth-order valence-electron chi connectivity index (χ4n) is 1.54. The minimum atomic E-state index is -0.446. The van der Waals surface area contributed by atoms with Crippen LogP contribution >= 0.6 is 11.6 Å². The summed E-state index contributed by atoms with van der Waals surface area (Å²) in [5, 5.41) is -0.446. The van der Waals surface area contributed by atoms with Gasteiger partial charge in [-0.05, 0) is 11.1 Å². The number of hydrogen-bond acceptors (Lipinski definition) is 1. The van der Waals surface area contributed by atoms with Gasteiger partial charge in [0.1, 0.15) is 5.38 Å². The summed E-state index contributed by atoms with van der Waals surface area (Å²) in [5.74, 6) is 0.0707. The molecule has 2 heteroatoms. The van der Waals surface area contributed by atoms with Gasteiger partial charge in [-0.15, -0.1) is 11.6 Å². The molecule has 0 aliphatic heterocycles. The van der Waals surface area contributed by atoms with Crippen molar-refractivity contribution in [3.8, 4) is 0 Å². The third kappa shape index (κ3) is 2.57. The minimum absolute atomic E-state index is 0.0707. The van der Waals surface area contributed by atoms with Crippen LogP contribution in [0.3, 0.4) is 0 Å². The third-order valence-corrected chi connectivity index (χ3v) is 2.71. The van der Waals surface area contributed by atoms with Crippen LogP contribution in [0.5, 0.6) is 0 Å². The van der Waals surface area contributed by atoms with Crippen molar-refractivity contribution in [1.82, 2.24) is 0 Å². The van der Waals surface area contributed by atoms with E-state index in [1.54, 1.807) is 6.08 Å². The highest BCUT2D eigenvalue weighted by Crippen LogP contribution is 2.19. The number of Topliss-reactive ketones (excluding diaryl/α,β-unsaturated/α-hetero) is 1. The zero-order chi connectivity index (χ0) is 10.7. The number of carbonyl (C=O) groups is 1. The normalized spacial score (nSPS) is 23.4. The SMILES string of the molecule is O=C1CC(=Cc2ccccc2)C=CC1Cl. The Bertz CT molecular complexity index is 417. The number of hydrogen-bond donors (Lipinski definition) is 0. The van der Waals surface area contributed by atoms with Crippen molar-refractivity contribution < 1.29 is 4.79 Å². The van der Waals surface area contributed by atoms with E-state index < -0.39 is 5.38 Å². The molecule has 0 heterocycles. The number of allylic oxidation sites excluding steroid dienone is 3. The first kappa shape index (κ1) is 10.2. The molecule has 0 radical (unpaired) electrons. The first-order valence-corrected chi connectivity index (χ1v) is 5.30. The molecule has 76 valence electrons. The van der Waals surface area contributed by atoms with Gasteiger partial charge in [0.25, 0.3) is 0 Å². The van der Waals surface area contributed by atoms with Crippen molar-refractivity contribution in [2.75, 3.05) is 0 Å². The van der Waals surface area contributed by atoms with E-state index in [1.165, 1.54) is 0 Å². The standard InChI is InChI=1S/C13H11ClO/c14-12-7-6-11(9-13(12)15)8-10-4-2-1-3-5-10/h1-8,12H,9H2. The van der Waals surface area contributed by atoms with E-state index in [0.29, 0.717) is 6.42 Å². The van der Waals surface area contributed by atoms with Crippen molar-refractivity contribution in [3.05, 3.63) is 53.6 Å². The second-order valence-corrected chi connectivity index (χ2v) is 4.00. The highest BCUT2D eigenvalue weighted by atomic mass is 35.5. The monoisotopic (exact) mass is 218 g/mol. The molecule has 2 rings (SSSR count). The summed E-state index contributed by atoms with van der Waals surface area (Å²) in [7, 11) is 0. The maximum Gasteiger partial charge on any atom is 0.158 e. The summed E-state index contributed by atoms with van der Waals surface area (Å²) < 4.78 is 0. The summed E-state index contributed by atoms with van der Waals surface area (Å²) in [6.07, 6.45) is 6.10. The summed E-state index contributed by atoms with van der Waals surface area (Å²) >= 11 is 5.77. The van der Waals surface area contributed by atoms with E-state index in [4.69, 9.17) is 11.6 Å². The summed E-state index contributed by atoms with van der Waals surface area (Å²) in [4.78, 5) is 11.4. The van der Waals surface area contributed by atoms with E-state index in [9.17, 15) is 4.79 Å². The number of benzene rings is 1. The lowest BCUT2D eigenvalue weighted by atomic mass is 9.98. The number of alkyl halides is 1. The zero-order valence-corrected chi connectivity index (χ0v) is 8.95. The predicted molar refractivity (Wildman–Crippen MR) is 62.8 cm³/mol. The van der Waals surface area contributed by atoms with Gasteiger partial charge in [-0.25, -0.2) is 0 Å². The van der Waals surface area contributed by atoms with Crippen LogP contribution in [0, 0.1) is 0 Å². The summed E-state index contributed by atoms with van der Waals surface area (Å²) in [6.45, 7) is 0. The van der Waals surface area contributed by atoms with E-state index >= 15 is 0 Å². The second-order valence-electron chi connectivity index (χ2n) is 3.53. The van der Waals surface area contributed by atoms with Crippen molar-refractivity contribution in [2.45, 2.75) is 11.8 Å². The maximum absolute atomic E-state index is 11.4. The van der Waals surface area contributed by atoms with E-state index in [2.05, 4.69) is 0 Å². The predicted octanol–water partition coefficient (Wildman–Crippen LogP) is 3.21. The third-order valence-electron chi connectivity index (χ3n) is 2.32. The molecule has 1 aromatic carbocycles. The van der Waals surface area contributed by atoms with Gasteiger partial charge in [0.2, 0.25) is 0 Å². The highest BCUT2D eigenvalue weighted by molar-refractivity contribution is 6.33. The fraction of sp³-hybridized carbons (Fsp3) is 0.154. The van der Waals surface area contributed by atoms with Crippen molar-refractivity contribution in [2.24, 2.45) is 0 Å². The Morgan fingerprint density at radius 3 is 2.67 bits per heavy atom. The molecule has 0 aromatic heterocycles. The van der Waals surface area contributed by atoms with Crippen molar-refractivity contribution in [1.29, 1.82) is 0 Å². The first-order valence-electron chi connectivity index (χ1n) is 4.86. The van der Waals surface area contributed by atoms with Crippen molar-refractivity contribution >= 4 is 23.5 Å². The molecule has 1 aliphatic rings. The molecule has 1 atom stereocenters. The molecular formula is C13H11ClO. The largest absolute Gasteiger partial charge is 0.297 e. The molecule has 1 aromatic rings. The van der Waals surface area contributed by atoms with Gasteiger partial charge in [0.15, 0.2) is 5.78 Å². The van der Waals surface area contributed by atoms with Gasteiger partial charge in [0, 0.05) is 6.42 Å². The highest BCUT2D eigenvalue weighted by Gasteiger charge is 2.17. The Morgan fingerprint density at radius 1 is 1.27 bits per heavy atom. The molecule has 1 aliphatic carbocycles. The fourth-order valence-corrected chi connectivity index (χ4v) is 1.69. The van der Waals surface area contributed by atoms with Crippen LogP contribution in [-0.2, 0) is 4.79 Å². The minimum Gasteiger partial charge on any atom is -0.297 e. The Labute approximate surface area is 94.1 Å². The van der Waals surface area contributed by atoms with Crippen LogP contribution in [0.15, 0.2) is 48.1 Å². The van der Waals surface area contributed by atoms with E-state index in [0.717, 1.165) is 11.1 Å². The molecule has 0 saturated heterocycles. The quantitative estimate of drug-likeness (QED) is 0.662. The van der Waals surface area contributed by atoms with Crippen LogP contribution in [-0.4, -0.2) is 11.2 Å². The summed E-state index contributed by atoms with van der Waals surface area (Å²) in [5.41, 5.74) is 2.13. The average Bonchev–Trinajstić information content (AvgIpc) is 2.25. The Hall–Kier alpha value is -1.34. The Balaban J connectivity index is 2.23. The van der Waals surface area contributed by atoms with Gasteiger partial charge in [-0.2, -0.15) is 0 Å². The van der Waals surface area contributed by atoms with Crippen LogP contribution < -0.4 is 0 Å². The van der Waals surface area contributed by atoms with Crippen LogP contribution in [0.25, 0.3) is 6.08 Å². The smallest absolute Gasteiger partial charge is 0.158 e. The molecule has 0 fully saturated rings. The van der Waals surface area contributed by atoms with Gasteiger partial charge >= 0.3 is 0 Å². The number of halogens is 1. The number of carbonyl (C=O) groups excluding carboxylic acids is 1. The second kappa shape index (κ2) is 4.45. The lowest BCUT2D eigenvalue weighted by Crippen LogP contribution is -2.15. The zero-order valence-electron chi connectivity index (χ0n) is 8.19. The van der Waals surface area contributed by atoms with Crippen LogP contribution in [0.1, 0.15) is 12.0 Å². The Morgan fingerprint density at radius 2 is 2.00 bits per heavy atom. The molecule has 1 unspecified atom stereocenters. The first-order chi connectivity index (χ1) is 7.25. The van der Waals surface area contributed by atoms with Crippen molar-refractivity contribution in [3.63, 3.8) is 0 Å². The molecule has 1 nitrogen and oxygen atoms in total. The van der Waals surface area contributed by atoms with E-state index in [1.807, 2.05) is 42.5 Å². The van der Waals surface area contributed by atoms with Gasteiger partial charge < -0.3 is 0 Å². The number of rotatable bonds is 1. The molecule has 0 bridgehead atoms. The lowest BCUT2D eigenvalue weighted by Gasteiger charge is -2.10. The average molecular weight is 219 g/mol. The van der Waals surface area contributed by atoms with Crippen LogP contribution in [0.4, 0.5) is 0 Å². The summed E-state index contributed by atoms with van der Waals surface area (Å²) in [6, 6.07) is 9.95. The lowest BCUT2D eigenvalue weighted by molar-refractivity contribution is -0.117. The number of ketones is 1. The Kier molecular flexibility index (Phi) is 3.02. The van der Waals surface area contributed by atoms with E-state index in [-0.39, 0.29) is 5.78 Å². The molecule has 0 spiro atoms. The van der Waals surface area contributed by atoms with Crippen LogP contribution in [0.2, 0.25) is 0 Å². The molecule has 0 saturated carbocycles. The van der Waals surface area contributed by atoms with Gasteiger partial charge in [-0.3, -0.25) is 4.79 Å².